The molecular weight excluding hydrogens is 409 g/mol. The number of phenolic OH excluding ortho intramolecular Hbond substituents is 1. The van der Waals surface area contributed by atoms with Crippen molar-refractivity contribution in [1.29, 1.82) is 0 Å². The molecular formula is C20H20FN5O3S. The van der Waals surface area contributed by atoms with Crippen LogP contribution >= 0.6 is 11.5 Å². The first-order valence-electron chi connectivity index (χ1n) is 8.88. The highest BCUT2D eigenvalue weighted by Crippen LogP contribution is 2.30. The molecule has 2 atom stereocenters. The summed E-state index contributed by atoms with van der Waals surface area (Å²) in [5.74, 6) is -1.51. The molecule has 156 valence electrons. The Hall–Kier alpha value is -3.50. The summed E-state index contributed by atoms with van der Waals surface area (Å²) in [4.78, 5) is 23.4. The number of carbonyl (C=O) groups is 2. The lowest BCUT2D eigenvalue weighted by molar-refractivity contribution is -0.108. The number of amides is 1. The first kappa shape index (κ1) is 21.2. The van der Waals surface area contributed by atoms with Gasteiger partial charge in [-0.15, -0.1) is 0 Å². The minimum Gasteiger partial charge on any atom is -0.508 e. The van der Waals surface area contributed by atoms with Gasteiger partial charge in [0.2, 0.25) is 0 Å². The van der Waals surface area contributed by atoms with Gasteiger partial charge < -0.3 is 32.0 Å². The van der Waals surface area contributed by atoms with Gasteiger partial charge >= 0.3 is 0 Å². The molecule has 2 aromatic carbocycles. The van der Waals surface area contributed by atoms with Gasteiger partial charge in [-0.1, -0.05) is 12.1 Å². The maximum absolute atomic E-state index is 14.7. The molecule has 0 aliphatic rings. The summed E-state index contributed by atoms with van der Waals surface area (Å²) in [5.41, 5.74) is 13.1. The minimum absolute atomic E-state index is 0.0323. The van der Waals surface area contributed by atoms with Crippen LogP contribution in [0.3, 0.4) is 0 Å². The lowest BCUT2D eigenvalue weighted by atomic mass is 10.0. The predicted molar refractivity (Wildman–Crippen MR) is 114 cm³/mol. The average molecular weight is 429 g/mol. The van der Waals surface area contributed by atoms with E-state index in [9.17, 15) is 19.1 Å². The first-order valence-corrected chi connectivity index (χ1v) is 9.66. The number of nitrogens with one attached hydrogen (secondary N) is 2. The number of nitrogens with two attached hydrogens (primary N) is 2. The van der Waals surface area contributed by atoms with E-state index in [0.717, 1.165) is 11.8 Å². The van der Waals surface area contributed by atoms with Crippen LogP contribution in [0.2, 0.25) is 0 Å². The number of phenols is 1. The molecule has 0 saturated heterocycles. The molecule has 0 aliphatic carbocycles. The van der Waals surface area contributed by atoms with Crippen LogP contribution in [0.15, 0.2) is 42.5 Å². The quantitative estimate of drug-likeness (QED) is 0.346. The minimum atomic E-state index is -0.970. The molecule has 7 N–H and O–H groups in total. The van der Waals surface area contributed by atoms with Gasteiger partial charge in [-0.2, -0.15) is 4.37 Å². The highest BCUT2D eigenvalue weighted by molar-refractivity contribution is 7.10. The average Bonchev–Trinajstić information content (AvgIpc) is 3.12. The number of nitrogens with zero attached hydrogens (tertiary/aromatic N) is 1. The molecule has 0 bridgehead atoms. The van der Waals surface area contributed by atoms with Gasteiger partial charge in [0.1, 0.15) is 28.9 Å². The van der Waals surface area contributed by atoms with Crippen LogP contribution in [0, 0.1) is 12.7 Å². The van der Waals surface area contributed by atoms with E-state index in [1.54, 1.807) is 18.2 Å². The molecule has 1 amide bonds. The van der Waals surface area contributed by atoms with Crippen molar-refractivity contribution in [2.24, 2.45) is 11.5 Å². The second kappa shape index (κ2) is 8.89. The SMILES string of the molecule is Cc1cc(Nc2cc(NC(C=O)C(N)c3ccc(O)cc3)c(F)cc2C(N)=O)sn1. The van der Waals surface area contributed by atoms with Gasteiger partial charge in [-0.05, 0) is 54.4 Å². The molecule has 0 saturated carbocycles. The fourth-order valence-corrected chi connectivity index (χ4v) is 3.51. The summed E-state index contributed by atoms with van der Waals surface area (Å²) in [7, 11) is 0. The Labute approximate surface area is 175 Å². The second-order valence-corrected chi connectivity index (χ2v) is 7.43. The molecule has 30 heavy (non-hydrogen) atoms. The lowest BCUT2D eigenvalue weighted by Crippen LogP contribution is -2.34. The molecule has 8 nitrogen and oxygen atoms in total. The Bertz CT molecular complexity index is 1070. The number of aryl methyl sites for hydroxylation is 1. The number of aromatic nitrogens is 1. The highest BCUT2D eigenvalue weighted by atomic mass is 32.1. The third-order valence-electron chi connectivity index (χ3n) is 4.39. The van der Waals surface area contributed by atoms with Gasteiger partial charge in [0.05, 0.1) is 28.7 Å². The molecule has 0 radical (unpaired) electrons. The van der Waals surface area contributed by atoms with Crippen molar-refractivity contribution in [2.45, 2.75) is 19.0 Å². The summed E-state index contributed by atoms with van der Waals surface area (Å²) in [6, 6.07) is 8.37. The smallest absolute Gasteiger partial charge is 0.250 e. The normalized spacial score (nSPS) is 12.8. The second-order valence-electron chi connectivity index (χ2n) is 6.62. The molecule has 10 heteroatoms. The Kier molecular flexibility index (Phi) is 6.28. The van der Waals surface area contributed by atoms with Gasteiger partial charge in [0.25, 0.3) is 5.91 Å². The van der Waals surface area contributed by atoms with E-state index < -0.39 is 23.8 Å². The topological polar surface area (TPSA) is 143 Å². The van der Waals surface area contributed by atoms with Crippen LogP contribution in [0.4, 0.5) is 20.8 Å². The number of hydrogen-bond donors (Lipinski definition) is 5. The zero-order valence-electron chi connectivity index (χ0n) is 15.9. The predicted octanol–water partition coefficient (Wildman–Crippen LogP) is 2.82. The molecule has 1 heterocycles. The van der Waals surface area contributed by atoms with E-state index in [0.29, 0.717) is 16.9 Å². The van der Waals surface area contributed by atoms with Crippen LogP contribution in [-0.2, 0) is 4.79 Å². The number of halogens is 1. The van der Waals surface area contributed by atoms with E-state index in [-0.39, 0.29) is 22.7 Å². The molecule has 2 unspecified atom stereocenters. The molecule has 1 aromatic heterocycles. The van der Waals surface area contributed by atoms with E-state index in [1.165, 1.54) is 29.7 Å². The number of anilines is 3. The fraction of sp³-hybridized carbons (Fsp3) is 0.150. The van der Waals surface area contributed by atoms with E-state index >= 15 is 0 Å². The molecule has 3 rings (SSSR count). The largest absolute Gasteiger partial charge is 0.508 e. The molecule has 0 aliphatic heterocycles. The summed E-state index contributed by atoms with van der Waals surface area (Å²) in [6.45, 7) is 1.81. The van der Waals surface area contributed by atoms with Crippen molar-refractivity contribution in [3.05, 3.63) is 65.1 Å². The van der Waals surface area contributed by atoms with Gasteiger partial charge in [-0.25, -0.2) is 4.39 Å². The number of aldehydes is 1. The third kappa shape index (κ3) is 4.73. The van der Waals surface area contributed by atoms with E-state index in [1.807, 2.05) is 6.92 Å². The summed E-state index contributed by atoms with van der Waals surface area (Å²) < 4.78 is 18.8. The van der Waals surface area contributed by atoms with Crippen LogP contribution in [0.25, 0.3) is 0 Å². The van der Waals surface area contributed by atoms with Crippen LogP contribution in [0.5, 0.6) is 5.75 Å². The number of carbonyl (C=O) groups excluding carboxylic acids is 2. The summed E-state index contributed by atoms with van der Waals surface area (Å²) in [6.07, 6.45) is 0.568. The number of hydrogen-bond acceptors (Lipinski definition) is 8. The van der Waals surface area contributed by atoms with Crippen molar-refractivity contribution in [2.75, 3.05) is 10.6 Å². The van der Waals surface area contributed by atoms with Crippen LogP contribution in [-0.4, -0.2) is 27.7 Å². The Morgan fingerprint density at radius 1 is 1.23 bits per heavy atom. The Morgan fingerprint density at radius 2 is 1.93 bits per heavy atom. The van der Waals surface area contributed by atoms with Crippen molar-refractivity contribution in [3.8, 4) is 5.75 Å². The van der Waals surface area contributed by atoms with Gasteiger partial charge in [-0.3, -0.25) is 4.79 Å². The molecule has 0 fully saturated rings. The molecule has 0 spiro atoms. The lowest BCUT2D eigenvalue weighted by Gasteiger charge is -2.23. The van der Waals surface area contributed by atoms with E-state index in [4.69, 9.17) is 11.5 Å². The van der Waals surface area contributed by atoms with Crippen molar-refractivity contribution in [1.82, 2.24) is 4.37 Å². The van der Waals surface area contributed by atoms with Crippen molar-refractivity contribution < 1.29 is 19.1 Å². The van der Waals surface area contributed by atoms with Gasteiger partial charge in [0, 0.05) is 0 Å². The standard InChI is InChI=1S/C20H20FN5O3S/c1-10-6-18(30-26-10)25-15-8-16(14(21)7-13(15)20(23)29)24-17(9-27)19(22)11-2-4-12(28)5-3-11/h2-9,17,19,24-25,28H,22H2,1H3,(H2,23,29). The van der Waals surface area contributed by atoms with Crippen LogP contribution in [0.1, 0.15) is 27.7 Å². The zero-order valence-corrected chi connectivity index (χ0v) is 16.7. The molecule has 3 aromatic rings. The number of aromatic hydroxyl groups is 1. The summed E-state index contributed by atoms with van der Waals surface area (Å²) >= 11 is 1.17. The summed E-state index contributed by atoms with van der Waals surface area (Å²) in [5, 5.41) is 15.8. The highest BCUT2D eigenvalue weighted by Gasteiger charge is 2.22. The zero-order chi connectivity index (χ0) is 21.8. The number of rotatable bonds is 8. The van der Waals surface area contributed by atoms with Crippen molar-refractivity contribution >= 4 is 40.1 Å². The van der Waals surface area contributed by atoms with E-state index in [2.05, 4.69) is 15.0 Å². The fourth-order valence-electron chi connectivity index (χ4n) is 2.84. The Balaban J connectivity index is 1.91. The van der Waals surface area contributed by atoms with Gasteiger partial charge in [0.15, 0.2) is 0 Å². The maximum atomic E-state index is 14.7. The van der Waals surface area contributed by atoms with Crippen LogP contribution < -0.4 is 22.1 Å². The van der Waals surface area contributed by atoms with Crippen molar-refractivity contribution in [3.63, 3.8) is 0 Å². The Morgan fingerprint density at radius 3 is 2.50 bits per heavy atom. The third-order valence-corrected chi connectivity index (χ3v) is 5.19. The maximum Gasteiger partial charge on any atom is 0.250 e. The first-order chi connectivity index (χ1) is 14.3. The monoisotopic (exact) mass is 429 g/mol. The number of primary amides is 1. The number of benzene rings is 2.